The molecule has 0 bridgehead atoms. The molecule has 1 heterocycles. The molecule has 4 nitrogen and oxygen atoms in total. The van der Waals surface area contributed by atoms with Crippen molar-refractivity contribution < 1.29 is 0 Å². The molecule has 2 rings (SSSR count). The lowest BCUT2D eigenvalue weighted by atomic mass is 10.3. The molecule has 2 aromatic rings. The predicted octanol–water partition coefficient (Wildman–Crippen LogP) is 2.16. The monoisotopic (exact) mass is 244 g/mol. The van der Waals surface area contributed by atoms with E-state index in [4.69, 9.17) is 18.0 Å². The fourth-order valence-corrected chi connectivity index (χ4v) is 1.51. The van der Waals surface area contributed by atoms with Gasteiger partial charge >= 0.3 is 0 Å². The minimum absolute atomic E-state index is 0.270. The smallest absolute Gasteiger partial charge is 0.228 e. The van der Waals surface area contributed by atoms with Crippen LogP contribution < -0.4 is 11.1 Å². The predicted molar refractivity (Wildman–Crippen MR) is 72.4 cm³/mol. The van der Waals surface area contributed by atoms with E-state index in [1.165, 1.54) is 0 Å². The number of rotatable bonds is 3. The van der Waals surface area contributed by atoms with Crippen LogP contribution in [0.5, 0.6) is 0 Å². The highest BCUT2D eigenvalue weighted by molar-refractivity contribution is 7.80. The maximum absolute atomic E-state index is 5.56. The first-order chi connectivity index (χ1) is 8.15. The van der Waals surface area contributed by atoms with E-state index >= 15 is 0 Å². The van der Waals surface area contributed by atoms with Crippen molar-refractivity contribution in [3.63, 3.8) is 0 Å². The summed E-state index contributed by atoms with van der Waals surface area (Å²) < 4.78 is 0. The number of nitrogens with two attached hydrogens (primary N) is 1. The molecule has 0 spiro atoms. The highest BCUT2D eigenvalue weighted by Crippen LogP contribution is 2.13. The van der Waals surface area contributed by atoms with Crippen LogP contribution in [0.25, 0.3) is 0 Å². The van der Waals surface area contributed by atoms with Gasteiger partial charge in [0.1, 0.15) is 10.7 Å². The topological polar surface area (TPSA) is 63.8 Å². The molecule has 0 unspecified atom stereocenters. The van der Waals surface area contributed by atoms with Gasteiger partial charge in [0.25, 0.3) is 0 Å². The summed E-state index contributed by atoms with van der Waals surface area (Å²) in [5.74, 6) is 0.499. The molecule has 17 heavy (non-hydrogen) atoms. The van der Waals surface area contributed by atoms with Gasteiger partial charge in [-0.1, -0.05) is 30.4 Å². The molecule has 1 aromatic carbocycles. The van der Waals surface area contributed by atoms with E-state index < -0.39 is 0 Å². The van der Waals surface area contributed by atoms with Crippen LogP contribution in [0.15, 0.2) is 36.4 Å². The summed E-state index contributed by atoms with van der Waals surface area (Å²) in [6.45, 7) is 1.87. The number of thiocarbonyl (C=S) groups is 1. The van der Waals surface area contributed by atoms with E-state index in [1.54, 1.807) is 6.07 Å². The van der Waals surface area contributed by atoms with Crippen LogP contribution in [0.1, 0.15) is 11.4 Å². The summed E-state index contributed by atoms with van der Waals surface area (Å²) in [6, 6.07) is 11.5. The summed E-state index contributed by atoms with van der Waals surface area (Å²) in [4.78, 5) is 8.78. The van der Waals surface area contributed by atoms with Crippen LogP contribution in [0.2, 0.25) is 0 Å². The van der Waals surface area contributed by atoms with Crippen LogP contribution >= 0.6 is 12.2 Å². The molecule has 0 saturated heterocycles. The van der Waals surface area contributed by atoms with E-state index in [0.29, 0.717) is 11.6 Å². The maximum atomic E-state index is 5.56. The Morgan fingerprint density at radius 2 is 1.94 bits per heavy atom. The lowest BCUT2D eigenvalue weighted by Gasteiger charge is -2.07. The molecule has 3 N–H and O–H groups in total. The third kappa shape index (κ3) is 2.98. The number of nitrogens with one attached hydrogen (secondary N) is 1. The first-order valence-corrected chi connectivity index (χ1v) is 5.53. The van der Waals surface area contributed by atoms with Crippen LogP contribution in [0, 0.1) is 6.92 Å². The van der Waals surface area contributed by atoms with Gasteiger partial charge < -0.3 is 11.1 Å². The standard InChI is InChI=1S/C12H12N4S/c1-8-7-10(11(13)17)16-12(14-8)15-9-5-3-2-4-6-9/h2-7H,1H3,(H2,13,17)(H,14,15,16). The van der Waals surface area contributed by atoms with Gasteiger partial charge in [-0.15, -0.1) is 0 Å². The Bertz CT molecular complexity index is 539. The molecule has 0 aliphatic carbocycles. The average molecular weight is 244 g/mol. The second-order valence-electron chi connectivity index (χ2n) is 3.57. The molecular weight excluding hydrogens is 232 g/mol. The van der Waals surface area contributed by atoms with E-state index in [-0.39, 0.29) is 4.99 Å². The fraction of sp³-hybridized carbons (Fsp3) is 0.0833. The van der Waals surface area contributed by atoms with Crippen molar-refractivity contribution in [2.24, 2.45) is 5.73 Å². The molecule has 0 amide bonds. The van der Waals surface area contributed by atoms with Crippen molar-refractivity contribution in [2.45, 2.75) is 6.92 Å². The number of benzene rings is 1. The molecule has 0 fully saturated rings. The zero-order valence-electron chi connectivity index (χ0n) is 9.34. The number of anilines is 2. The first-order valence-electron chi connectivity index (χ1n) is 5.13. The van der Waals surface area contributed by atoms with Gasteiger partial charge in [0.15, 0.2) is 0 Å². The van der Waals surface area contributed by atoms with Gasteiger partial charge in [0.2, 0.25) is 5.95 Å². The molecule has 5 heteroatoms. The fourth-order valence-electron chi connectivity index (χ4n) is 1.40. The molecule has 0 aliphatic rings. The summed E-state index contributed by atoms with van der Waals surface area (Å²) >= 11 is 4.91. The summed E-state index contributed by atoms with van der Waals surface area (Å²) in [7, 11) is 0. The summed E-state index contributed by atoms with van der Waals surface area (Å²) in [5.41, 5.74) is 7.88. The highest BCUT2D eigenvalue weighted by atomic mass is 32.1. The molecule has 1 aromatic heterocycles. The van der Waals surface area contributed by atoms with E-state index in [9.17, 15) is 0 Å². The van der Waals surface area contributed by atoms with E-state index in [1.807, 2.05) is 37.3 Å². The van der Waals surface area contributed by atoms with Gasteiger partial charge in [-0.3, -0.25) is 0 Å². The third-order valence-corrected chi connectivity index (χ3v) is 2.35. The Morgan fingerprint density at radius 3 is 2.59 bits per heavy atom. The lowest BCUT2D eigenvalue weighted by Crippen LogP contribution is -2.13. The van der Waals surface area contributed by atoms with Crippen LogP contribution in [-0.2, 0) is 0 Å². The quantitative estimate of drug-likeness (QED) is 0.810. The number of hydrogen-bond acceptors (Lipinski definition) is 4. The molecule has 86 valence electrons. The maximum Gasteiger partial charge on any atom is 0.228 e. The van der Waals surface area contributed by atoms with Crippen LogP contribution in [-0.4, -0.2) is 15.0 Å². The lowest BCUT2D eigenvalue weighted by molar-refractivity contribution is 1.09. The van der Waals surface area contributed by atoms with Crippen molar-refractivity contribution in [1.29, 1.82) is 0 Å². The van der Waals surface area contributed by atoms with Crippen LogP contribution in [0.3, 0.4) is 0 Å². The summed E-state index contributed by atoms with van der Waals surface area (Å²) in [6.07, 6.45) is 0. The van der Waals surface area contributed by atoms with Gasteiger partial charge in [0.05, 0.1) is 0 Å². The first kappa shape index (κ1) is 11.5. The number of hydrogen-bond donors (Lipinski definition) is 2. The third-order valence-electron chi connectivity index (χ3n) is 2.14. The minimum atomic E-state index is 0.270. The number of para-hydroxylation sites is 1. The van der Waals surface area contributed by atoms with Crippen molar-refractivity contribution in [3.05, 3.63) is 47.8 Å². The Kier molecular flexibility index (Phi) is 3.30. The Morgan fingerprint density at radius 1 is 1.24 bits per heavy atom. The average Bonchev–Trinajstić information content (AvgIpc) is 2.29. The Balaban J connectivity index is 2.30. The van der Waals surface area contributed by atoms with Gasteiger partial charge in [-0.05, 0) is 25.1 Å². The largest absolute Gasteiger partial charge is 0.388 e. The minimum Gasteiger partial charge on any atom is -0.388 e. The van der Waals surface area contributed by atoms with Crippen molar-refractivity contribution in [2.75, 3.05) is 5.32 Å². The van der Waals surface area contributed by atoms with Crippen molar-refractivity contribution in [1.82, 2.24) is 9.97 Å². The second kappa shape index (κ2) is 4.88. The van der Waals surface area contributed by atoms with Gasteiger partial charge in [-0.25, -0.2) is 9.97 Å². The molecule has 0 radical (unpaired) electrons. The summed E-state index contributed by atoms with van der Waals surface area (Å²) in [5, 5.41) is 3.10. The van der Waals surface area contributed by atoms with Crippen molar-refractivity contribution in [3.8, 4) is 0 Å². The molecular formula is C12H12N4S. The van der Waals surface area contributed by atoms with Crippen LogP contribution in [0.4, 0.5) is 11.6 Å². The van der Waals surface area contributed by atoms with Gasteiger partial charge in [0, 0.05) is 11.4 Å². The normalized spacial score (nSPS) is 9.94. The van der Waals surface area contributed by atoms with E-state index in [2.05, 4.69) is 15.3 Å². The van der Waals surface area contributed by atoms with Crippen molar-refractivity contribution >= 4 is 28.8 Å². The molecule has 0 atom stereocenters. The SMILES string of the molecule is Cc1cc(C(N)=S)nc(Nc2ccccc2)n1. The zero-order chi connectivity index (χ0) is 12.3. The number of aromatic nitrogens is 2. The zero-order valence-corrected chi connectivity index (χ0v) is 10.2. The number of aryl methyl sites for hydroxylation is 1. The van der Waals surface area contributed by atoms with E-state index in [0.717, 1.165) is 11.4 Å². The molecule has 0 saturated carbocycles. The highest BCUT2D eigenvalue weighted by Gasteiger charge is 2.04. The molecule has 0 aliphatic heterocycles. The number of nitrogens with zero attached hydrogens (tertiary/aromatic N) is 2. The Hall–Kier alpha value is -2.01. The second-order valence-corrected chi connectivity index (χ2v) is 4.01. The van der Waals surface area contributed by atoms with Gasteiger partial charge in [-0.2, -0.15) is 0 Å². The Labute approximate surface area is 105 Å².